The third-order valence-corrected chi connectivity index (χ3v) is 3.36. The summed E-state index contributed by atoms with van der Waals surface area (Å²) >= 11 is 3.40. The molecule has 0 aromatic heterocycles. The number of carbonyl (C=O) groups is 1. The molecule has 2 nitrogen and oxygen atoms in total. The highest BCUT2D eigenvalue weighted by Gasteiger charge is 2.16. The fourth-order valence-corrected chi connectivity index (χ4v) is 2.44. The Hall–Kier alpha value is -1.61. The maximum Gasteiger partial charge on any atom is 0.197 e. The fraction of sp³-hybridized carbons (Fsp3) is 0.188. The molecule has 0 N–H and O–H groups in total. The van der Waals surface area contributed by atoms with Gasteiger partial charge in [0.1, 0.15) is 5.75 Å². The smallest absolute Gasteiger partial charge is 0.197 e. The van der Waals surface area contributed by atoms with Crippen LogP contribution >= 0.6 is 15.9 Å². The fourth-order valence-electron chi connectivity index (χ4n) is 1.96. The Morgan fingerprint density at radius 2 is 1.89 bits per heavy atom. The minimum Gasteiger partial charge on any atom is -0.493 e. The van der Waals surface area contributed by atoms with Crippen LogP contribution in [0.15, 0.2) is 46.9 Å². The molecule has 0 aliphatic rings. The summed E-state index contributed by atoms with van der Waals surface area (Å²) in [4.78, 5) is 12.6. The summed E-state index contributed by atoms with van der Waals surface area (Å²) in [7, 11) is 0. The van der Waals surface area contributed by atoms with Gasteiger partial charge in [-0.2, -0.15) is 0 Å². The molecule has 0 aliphatic carbocycles. The molecule has 0 unspecified atom stereocenters. The van der Waals surface area contributed by atoms with Crippen LogP contribution in [0, 0.1) is 6.92 Å². The Kier molecular flexibility index (Phi) is 4.38. The molecule has 0 saturated heterocycles. The maximum absolute atomic E-state index is 12.6. The number of carbonyl (C=O) groups excluding carboxylic acids is 1. The van der Waals surface area contributed by atoms with Gasteiger partial charge in [0.25, 0.3) is 0 Å². The molecule has 98 valence electrons. The number of ketones is 1. The van der Waals surface area contributed by atoms with E-state index in [-0.39, 0.29) is 5.78 Å². The van der Waals surface area contributed by atoms with Gasteiger partial charge in [-0.15, -0.1) is 0 Å². The number of rotatable bonds is 4. The van der Waals surface area contributed by atoms with Gasteiger partial charge < -0.3 is 4.74 Å². The zero-order valence-electron chi connectivity index (χ0n) is 10.9. The number of benzene rings is 2. The van der Waals surface area contributed by atoms with E-state index < -0.39 is 0 Å². The van der Waals surface area contributed by atoms with Gasteiger partial charge in [0.15, 0.2) is 5.78 Å². The van der Waals surface area contributed by atoms with E-state index in [1.54, 1.807) is 6.07 Å². The van der Waals surface area contributed by atoms with Crippen molar-refractivity contribution in [2.45, 2.75) is 13.8 Å². The van der Waals surface area contributed by atoms with Crippen LogP contribution in [0.4, 0.5) is 0 Å². The third-order valence-electron chi connectivity index (χ3n) is 2.86. The van der Waals surface area contributed by atoms with E-state index in [1.807, 2.05) is 50.2 Å². The molecule has 0 amide bonds. The molecular formula is C16H15BrO2. The van der Waals surface area contributed by atoms with Crippen molar-refractivity contribution in [1.82, 2.24) is 0 Å². The van der Waals surface area contributed by atoms with Gasteiger partial charge in [0, 0.05) is 10.0 Å². The van der Waals surface area contributed by atoms with E-state index in [4.69, 9.17) is 4.74 Å². The average Bonchev–Trinajstić information content (AvgIpc) is 2.39. The number of para-hydroxylation sites is 1. The monoisotopic (exact) mass is 318 g/mol. The summed E-state index contributed by atoms with van der Waals surface area (Å²) in [6, 6.07) is 13.0. The van der Waals surface area contributed by atoms with Crippen LogP contribution in [-0.4, -0.2) is 12.4 Å². The predicted molar refractivity (Wildman–Crippen MR) is 79.9 cm³/mol. The molecule has 0 atom stereocenters. The van der Waals surface area contributed by atoms with Crippen LogP contribution in [-0.2, 0) is 0 Å². The van der Waals surface area contributed by atoms with E-state index in [9.17, 15) is 4.79 Å². The van der Waals surface area contributed by atoms with E-state index >= 15 is 0 Å². The van der Waals surface area contributed by atoms with Crippen molar-refractivity contribution in [3.63, 3.8) is 0 Å². The second kappa shape index (κ2) is 6.02. The van der Waals surface area contributed by atoms with Gasteiger partial charge in [-0.25, -0.2) is 0 Å². The Morgan fingerprint density at radius 3 is 2.58 bits per heavy atom. The molecule has 0 saturated carbocycles. The topological polar surface area (TPSA) is 26.3 Å². The van der Waals surface area contributed by atoms with Gasteiger partial charge >= 0.3 is 0 Å². The zero-order chi connectivity index (χ0) is 13.8. The number of ether oxygens (including phenoxy) is 1. The van der Waals surface area contributed by atoms with Gasteiger partial charge in [-0.3, -0.25) is 4.79 Å². The minimum atomic E-state index is -0.00551. The molecule has 0 spiro atoms. The standard InChI is InChI=1S/C16H15BrO2/c1-3-19-15-7-5-4-6-14(15)16(18)13-9-8-12(17)10-11(13)2/h4-10H,3H2,1-2H3. The van der Waals surface area contributed by atoms with Crippen molar-refractivity contribution in [2.24, 2.45) is 0 Å². The lowest BCUT2D eigenvalue weighted by atomic mass is 9.98. The first-order valence-electron chi connectivity index (χ1n) is 6.16. The summed E-state index contributed by atoms with van der Waals surface area (Å²) in [5.74, 6) is 0.631. The Morgan fingerprint density at radius 1 is 1.16 bits per heavy atom. The van der Waals surface area contributed by atoms with Crippen LogP contribution in [0.1, 0.15) is 28.4 Å². The zero-order valence-corrected chi connectivity index (χ0v) is 12.5. The van der Waals surface area contributed by atoms with Crippen molar-refractivity contribution in [3.8, 4) is 5.75 Å². The highest BCUT2D eigenvalue weighted by atomic mass is 79.9. The van der Waals surface area contributed by atoms with E-state index in [2.05, 4.69) is 15.9 Å². The molecule has 0 heterocycles. The lowest BCUT2D eigenvalue weighted by molar-refractivity contribution is 0.103. The van der Waals surface area contributed by atoms with Crippen LogP contribution in [0.2, 0.25) is 0 Å². The molecular weight excluding hydrogens is 304 g/mol. The van der Waals surface area contributed by atoms with Crippen LogP contribution in [0.3, 0.4) is 0 Å². The quantitative estimate of drug-likeness (QED) is 0.782. The van der Waals surface area contributed by atoms with Crippen molar-refractivity contribution in [2.75, 3.05) is 6.61 Å². The Bertz CT molecular complexity index is 605. The second-order valence-electron chi connectivity index (χ2n) is 4.22. The van der Waals surface area contributed by atoms with Gasteiger partial charge in [0.2, 0.25) is 0 Å². The van der Waals surface area contributed by atoms with E-state index in [1.165, 1.54) is 0 Å². The first-order chi connectivity index (χ1) is 9.13. The van der Waals surface area contributed by atoms with E-state index in [0.29, 0.717) is 23.5 Å². The summed E-state index contributed by atoms with van der Waals surface area (Å²) < 4.78 is 6.49. The normalized spacial score (nSPS) is 10.3. The second-order valence-corrected chi connectivity index (χ2v) is 5.13. The van der Waals surface area contributed by atoms with Gasteiger partial charge in [-0.05, 0) is 49.7 Å². The highest BCUT2D eigenvalue weighted by molar-refractivity contribution is 9.10. The number of hydrogen-bond acceptors (Lipinski definition) is 2. The molecule has 2 rings (SSSR count). The third kappa shape index (κ3) is 3.04. The van der Waals surface area contributed by atoms with E-state index in [0.717, 1.165) is 10.0 Å². The molecule has 2 aromatic carbocycles. The largest absolute Gasteiger partial charge is 0.493 e. The Labute approximate surface area is 121 Å². The molecule has 3 heteroatoms. The van der Waals surface area contributed by atoms with Crippen molar-refractivity contribution < 1.29 is 9.53 Å². The van der Waals surface area contributed by atoms with Crippen molar-refractivity contribution in [1.29, 1.82) is 0 Å². The molecule has 0 radical (unpaired) electrons. The van der Waals surface area contributed by atoms with Crippen molar-refractivity contribution in [3.05, 3.63) is 63.6 Å². The highest BCUT2D eigenvalue weighted by Crippen LogP contribution is 2.24. The molecule has 2 aromatic rings. The number of hydrogen-bond donors (Lipinski definition) is 0. The average molecular weight is 319 g/mol. The number of aryl methyl sites for hydroxylation is 1. The summed E-state index contributed by atoms with van der Waals surface area (Å²) in [5, 5.41) is 0. The predicted octanol–water partition coefficient (Wildman–Crippen LogP) is 4.39. The van der Waals surface area contributed by atoms with Crippen LogP contribution in [0.5, 0.6) is 5.75 Å². The molecule has 19 heavy (non-hydrogen) atoms. The minimum absolute atomic E-state index is 0.00551. The lowest BCUT2D eigenvalue weighted by Crippen LogP contribution is -2.06. The summed E-state index contributed by atoms with van der Waals surface area (Å²) in [5.41, 5.74) is 2.26. The summed E-state index contributed by atoms with van der Waals surface area (Å²) in [6.07, 6.45) is 0. The first-order valence-corrected chi connectivity index (χ1v) is 6.95. The first kappa shape index (κ1) is 13.8. The lowest BCUT2D eigenvalue weighted by Gasteiger charge is -2.10. The molecule has 0 aliphatic heterocycles. The molecule has 0 fully saturated rings. The van der Waals surface area contributed by atoms with Crippen LogP contribution < -0.4 is 4.74 Å². The van der Waals surface area contributed by atoms with Gasteiger partial charge in [-0.1, -0.05) is 28.1 Å². The molecule has 0 bridgehead atoms. The van der Waals surface area contributed by atoms with Crippen molar-refractivity contribution >= 4 is 21.7 Å². The summed E-state index contributed by atoms with van der Waals surface area (Å²) in [6.45, 7) is 4.39. The van der Waals surface area contributed by atoms with Gasteiger partial charge in [0.05, 0.1) is 12.2 Å². The maximum atomic E-state index is 12.6. The Balaban J connectivity index is 2.44. The van der Waals surface area contributed by atoms with Crippen LogP contribution in [0.25, 0.3) is 0 Å². The SMILES string of the molecule is CCOc1ccccc1C(=O)c1ccc(Br)cc1C. The number of halogens is 1.